The first kappa shape index (κ1) is 49.1. The highest BCUT2D eigenvalue weighted by Crippen LogP contribution is 2.17. The number of esters is 1. The Labute approximate surface area is 315 Å². The van der Waals surface area contributed by atoms with E-state index in [4.69, 9.17) is 4.74 Å². The Hall–Kier alpha value is -1.92. The zero-order chi connectivity index (χ0) is 37.5. The zero-order valence-corrected chi connectivity index (χ0v) is 33.7. The molecule has 1 amide bonds. The molecule has 0 radical (unpaired) electrons. The number of nitrogens with one attached hydrogen (secondary N) is 1. The molecule has 0 aliphatic heterocycles. The van der Waals surface area contributed by atoms with Crippen LogP contribution in [0.2, 0.25) is 0 Å². The highest BCUT2D eigenvalue weighted by Gasteiger charge is 2.24. The molecule has 0 heterocycles. The van der Waals surface area contributed by atoms with E-state index in [1.165, 1.54) is 83.5 Å². The number of rotatable bonds is 38. The fourth-order valence-electron chi connectivity index (χ4n) is 6.39. The molecule has 6 heteroatoms. The molecule has 3 unspecified atom stereocenters. The number of aliphatic hydroxyl groups is 2. The van der Waals surface area contributed by atoms with Crippen LogP contribution in [-0.4, -0.2) is 46.9 Å². The summed E-state index contributed by atoms with van der Waals surface area (Å²) < 4.78 is 5.87. The normalized spacial score (nSPS) is 13.7. The maximum Gasteiger partial charge on any atom is 0.306 e. The van der Waals surface area contributed by atoms with Gasteiger partial charge in [-0.3, -0.25) is 9.59 Å². The van der Waals surface area contributed by atoms with Crippen LogP contribution >= 0.6 is 0 Å². The van der Waals surface area contributed by atoms with Crippen LogP contribution in [-0.2, 0) is 14.3 Å². The highest BCUT2D eigenvalue weighted by molar-refractivity contribution is 5.77. The lowest BCUT2D eigenvalue weighted by molar-refractivity contribution is -0.151. The standard InChI is InChI=1S/C45H83NO5/c1-4-7-10-13-16-19-21-23-25-27-30-33-36-41(51-45(50)38-35-32-29-26-22-20-17-14-11-8-5-2)39-44(49)46-42(40-47)43(48)37-34-31-28-24-18-15-12-9-6-3/h7,10,14,16-17,19,41-43,47-48H,4-6,8-9,11-13,15,18,20-40H2,1-3H3,(H,46,49)/b10-7+,17-14-,19-16+. The SMILES string of the molecule is CC/C=C/C/C=C/CCCCCCCC(CC(=O)NC(CO)C(O)CCCCCCCCCCC)OC(=O)CCCCCCC/C=C\CCCC. The van der Waals surface area contributed by atoms with Crippen LogP contribution < -0.4 is 5.32 Å². The maximum atomic E-state index is 13.1. The van der Waals surface area contributed by atoms with Gasteiger partial charge in [-0.2, -0.15) is 0 Å². The third kappa shape index (κ3) is 34.9. The molecule has 0 rings (SSSR count). The lowest BCUT2D eigenvalue weighted by Gasteiger charge is -2.24. The molecule has 6 nitrogen and oxygen atoms in total. The van der Waals surface area contributed by atoms with Crippen molar-refractivity contribution in [2.75, 3.05) is 6.61 Å². The average molecular weight is 718 g/mol. The van der Waals surface area contributed by atoms with Crippen molar-refractivity contribution >= 4 is 11.9 Å². The fraction of sp³-hybridized carbons (Fsp3) is 0.822. The smallest absolute Gasteiger partial charge is 0.306 e. The molecule has 0 aromatic heterocycles. The Morgan fingerprint density at radius 2 is 1.08 bits per heavy atom. The number of carbonyl (C=O) groups is 2. The Bertz CT molecular complexity index is 854. The molecule has 3 N–H and O–H groups in total. The van der Waals surface area contributed by atoms with E-state index in [1.807, 2.05) is 0 Å². The summed E-state index contributed by atoms with van der Waals surface area (Å²) in [7, 11) is 0. The van der Waals surface area contributed by atoms with E-state index in [-0.39, 0.29) is 24.9 Å². The number of ether oxygens (including phenoxy) is 1. The molecule has 0 aromatic carbocycles. The van der Waals surface area contributed by atoms with Gasteiger partial charge in [0.1, 0.15) is 6.10 Å². The van der Waals surface area contributed by atoms with E-state index < -0.39 is 18.2 Å². The predicted octanol–water partition coefficient (Wildman–Crippen LogP) is 12.2. The van der Waals surface area contributed by atoms with Gasteiger partial charge >= 0.3 is 5.97 Å². The van der Waals surface area contributed by atoms with Gasteiger partial charge in [0.25, 0.3) is 0 Å². The Kier molecular flexibility index (Phi) is 37.8. The molecule has 0 aliphatic carbocycles. The molecule has 0 aromatic rings. The van der Waals surface area contributed by atoms with E-state index in [9.17, 15) is 19.8 Å². The van der Waals surface area contributed by atoms with Gasteiger partial charge < -0.3 is 20.3 Å². The molecular formula is C45H83NO5. The highest BCUT2D eigenvalue weighted by atomic mass is 16.5. The second kappa shape index (κ2) is 39.3. The second-order valence-corrected chi connectivity index (χ2v) is 14.7. The van der Waals surface area contributed by atoms with E-state index in [2.05, 4.69) is 62.5 Å². The second-order valence-electron chi connectivity index (χ2n) is 14.7. The van der Waals surface area contributed by atoms with Crippen molar-refractivity contribution in [1.29, 1.82) is 0 Å². The summed E-state index contributed by atoms with van der Waals surface area (Å²) in [5.74, 6) is -0.501. The van der Waals surface area contributed by atoms with Gasteiger partial charge in [-0.05, 0) is 70.6 Å². The minimum Gasteiger partial charge on any atom is -0.462 e. The van der Waals surface area contributed by atoms with Crippen LogP contribution in [0, 0.1) is 0 Å². The molecule has 298 valence electrons. The molecule has 0 spiro atoms. The van der Waals surface area contributed by atoms with Gasteiger partial charge in [0.05, 0.1) is 25.2 Å². The summed E-state index contributed by atoms with van der Waals surface area (Å²) in [5.41, 5.74) is 0. The number of hydrogen-bond donors (Lipinski definition) is 3. The molecule has 0 saturated heterocycles. The monoisotopic (exact) mass is 718 g/mol. The van der Waals surface area contributed by atoms with Crippen molar-refractivity contribution < 1.29 is 24.5 Å². The first-order valence-electron chi connectivity index (χ1n) is 21.7. The van der Waals surface area contributed by atoms with Crippen molar-refractivity contribution in [3.63, 3.8) is 0 Å². The third-order valence-electron chi connectivity index (χ3n) is 9.70. The number of hydrogen-bond acceptors (Lipinski definition) is 5. The molecule has 3 atom stereocenters. The van der Waals surface area contributed by atoms with Crippen molar-refractivity contribution in [3.8, 4) is 0 Å². The molecule has 51 heavy (non-hydrogen) atoms. The molecule has 0 bridgehead atoms. The maximum absolute atomic E-state index is 13.1. The largest absolute Gasteiger partial charge is 0.462 e. The van der Waals surface area contributed by atoms with Gasteiger partial charge in [-0.1, -0.05) is 166 Å². The minimum atomic E-state index is -0.788. The van der Waals surface area contributed by atoms with Crippen molar-refractivity contribution in [2.24, 2.45) is 0 Å². The fourth-order valence-corrected chi connectivity index (χ4v) is 6.39. The topological polar surface area (TPSA) is 95.9 Å². The predicted molar refractivity (Wildman–Crippen MR) is 218 cm³/mol. The van der Waals surface area contributed by atoms with Crippen LogP contribution in [0.4, 0.5) is 0 Å². The van der Waals surface area contributed by atoms with Crippen LogP contribution in [0.5, 0.6) is 0 Å². The first-order chi connectivity index (χ1) is 25.0. The Balaban J connectivity index is 4.64. The van der Waals surface area contributed by atoms with Crippen LogP contribution in [0.25, 0.3) is 0 Å². The van der Waals surface area contributed by atoms with E-state index >= 15 is 0 Å². The third-order valence-corrected chi connectivity index (χ3v) is 9.70. The van der Waals surface area contributed by atoms with Gasteiger partial charge in [0, 0.05) is 6.42 Å². The zero-order valence-electron chi connectivity index (χ0n) is 33.7. The van der Waals surface area contributed by atoms with E-state index in [0.29, 0.717) is 19.3 Å². The number of amides is 1. The summed E-state index contributed by atoms with van der Waals surface area (Å²) in [4.78, 5) is 25.9. The van der Waals surface area contributed by atoms with Crippen molar-refractivity contribution in [1.82, 2.24) is 5.32 Å². The van der Waals surface area contributed by atoms with Crippen LogP contribution in [0.15, 0.2) is 36.5 Å². The van der Waals surface area contributed by atoms with Crippen molar-refractivity contribution in [2.45, 2.75) is 232 Å². The van der Waals surface area contributed by atoms with Crippen LogP contribution in [0.1, 0.15) is 213 Å². The lowest BCUT2D eigenvalue weighted by Crippen LogP contribution is -2.46. The number of aliphatic hydroxyl groups excluding tert-OH is 2. The minimum absolute atomic E-state index is 0.0655. The lowest BCUT2D eigenvalue weighted by atomic mass is 10.0. The molecule has 0 aliphatic rings. The van der Waals surface area contributed by atoms with E-state index in [0.717, 1.165) is 83.5 Å². The number of allylic oxidation sites excluding steroid dienone is 6. The van der Waals surface area contributed by atoms with Gasteiger partial charge in [-0.25, -0.2) is 0 Å². The molecule has 0 fully saturated rings. The van der Waals surface area contributed by atoms with Gasteiger partial charge in [0.15, 0.2) is 0 Å². The summed E-state index contributed by atoms with van der Waals surface area (Å²) in [6.45, 7) is 6.29. The Morgan fingerprint density at radius 3 is 1.67 bits per heavy atom. The number of carbonyl (C=O) groups excluding carboxylic acids is 2. The quantitative estimate of drug-likeness (QED) is 0.0336. The summed E-state index contributed by atoms with van der Waals surface area (Å²) in [6.07, 6.45) is 43.5. The molecular weight excluding hydrogens is 634 g/mol. The summed E-state index contributed by atoms with van der Waals surface area (Å²) in [6, 6.07) is -0.702. The van der Waals surface area contributed by atoms with Crippen LogP contribution in [0.3, 0.4) is 0 Å². The van der Waals surface area contributed by atoms with Gasteiger partial charge in [-0.15, -0.1) is 0 Å². The Morgan fingerprint density at radius 1 is 0.588 bits per heavy atom. The summed E-state index contributed by atoms with van der Waals surface area (Å²) in [5, 5.41) is 23.5. The number of unbranched alkanes of at least 4 members (excludes halogenated alkanes) is 20. The first-order valence-corrected chi connectivity index (χ1v) is 21.7. The van der Waals surface area contributed by atoms with Crippen molar-refractivity contribution in [3.05, 3.63) is 36.5 Å². The van der Waals surface area contributed by atoms with Gasteiger partial charge in [0.2, 0.25) is 5.91 Å². The molecule has 0 saturated carbocycles. The summed E-state index contributed by atoms with van der Waals surface area (Å²) >= 11 is 0. The van der Waals surface area contributed by atoms with E-state index in [1.54, 1.807) is 0 Å². The average Bonchev–Trinajstić information content (AvgIpc) is 3.12.